The third kappa shape index (κ3) is 7.98. The van der Waals surface area contributed by atoms with Crippen molar-refractivity contribution in [3.8, 4) is 0 Å². The lowest BCUT2D eigenvalue weighted by atomic mass is 10.1. The van der Waals surface area contributed by atoms with Gasteiger partial charge in [-0.1, -0.05) is 29.2 Å². The van der Waals surface area contributed by atoms with E-state index in [0.29, 0.717) is 24.4 Å². The maximum Gasteiger partial charge on any atom is 0.251 e. The molecule has 0 aliphatic heterocycles. The van der Waals surface area contributed by atoms with Crippen molar-refractivity contribution in [3.05, 3.63) is 45.0 Å². The molecule has 10 heteroatoms. The predicted molar refractivity (Wildman–Crippen MR) is 87.1 cm³/mol. The maximum absolute atomic E-state index is 11.4. The van der Waals surface area contributed by atoms with Crippen molar-refractivity contribution in [2.45, 2.75) is 25.4 Å². The van der Waals surface area contributed by atoms with Crippen LogP contribution in [0.3, 0.4) is 0 Å². The fraction of sp³-hybridized carbons (Fsp3) is 0.385. The lowest BCUT2D eigenvalue weighted by Gasteiger charge is -2.15. The summed E-state index contributed by atoms with van der Waals surface area (Å²) in [6.07, 6.45) is 0.944. The minimum Gasteiger partial charge on any atom is -0.368 e. The van der Waals surface area contributed by atoms with Crippen molar-refractivity contribution in [2.24, 2.45) is 16.5 Å². The van der Waals surface area contributed by atoms with Crippen LogP contribution in [0.1, 0.15) is 18.4 Å². The number of carbonyl (C=O) groups excluding carboxylic acids is 1. The number of hydrogen-bond donors (Lipinski definition) is 4. The van der Waals surface area contributed by atoms with Gasteiger partial charge in [-0.25, -0.2) is 15.1 Å². The van der Waals surface area contributed by atoms with Crippen molar-refractivity contribution < 1.29 is 9.83 Å². The van der Waals surface area contributed by atoms with Gasteiger partial charge in [-0.15, -0.1) is 0 Å². The van der Waals surface area contributed by atoms with E-state index in [2.05, 4.69) is 10.3 Å². The Labute approximate surface area is 138 Å². The van der Waals surface area contributed by atoms with Crippen LogP contribution >= 0.6 is 11.6 Å². The Balaban J connectivity index is 2.39. The molecule has 0 radical (unpaired) electrons. The third-order valence-electron chi connectivity index (χ3n) is 2.95. The van der Waals surface area contributed by atoms with Crippen LogP contribution in [-0.2, 0) is 11.3 Å². The van der Waals surface area contributed by atoms with Crippen LogP contribution in [0.25, 0.3) is 0 Å². The first-order valence-corrected chi connectivity index (χ1v) is 7.24. The number of amides is 1. The van der Waals surface area contributed by atoms with Gasteiger partial charge in [0.25, 0.3) is 5.96 Å². The van der Waals surface area contributed by atoms with Gasteiger partial charge in [0.05, 0.1) is 6.04 Å². The number of benzene rings is 1. The lowest BCUT2D eigenvalue weighted by Crippen LogP contribution is -2.41. The molecule has 0 bridgehead atoms. The molecule has 0 aliphatic carbocycles. The fourth-order valence-electron chi connectivity index (χ4n) is 1.81. The SMILES string of the molecule is NC(=O)[C@@H](CCCN=C(N)N[N+](=O)[O-])NCc1ccc(Cl)cc1. The van der Waals surface area contributed by atoms with E-state index >= 15 is 0 Å². The minimum atomic E-state index is -0.793. The highest BCUT2D eigenvalue weighted by Crippen LogP contribution is 2.09. The summed E-state index contributed by atoms with van der Waals surface area (Å²) < 4.78 is 0. The van der Waals surface area contributed by atoms with Gasteiger partial charge >= 0.3 is 0 Å². The number of nitrogens with zero attached hydrogens (tertiary/aromatic N) is 2. The molecule has 0 fully saturated rings. The Bertz CT molecular complexity index is 563. The molecule has 0 unspecified atom stereocenters. The molecule has 0 saturated carbocycles. The van der Waals surface area contributed by atoms with Crippen molar-refractivity contribution in [1.29, 1.82) is 0 Å². The van der Waals surface area contributed by atoms with Crippen molar-refractivity contribution in [3.63, 3.8) is 0 Å². The van der Waals surface area contributed by atoms with Crippen LogP contribution in [0.15, 0.2) is 29.3 Å². The summed E-state index contributed by atoms with van der Waals surface area (Å²) in [7, 11) is 0. The van der Waals surface area contributed by atoms with E-state index < -0.39 is 17.0 Å². The van der Waals surface area contributed by atoms with Crippen molar-refractivity contribution in [1.82, 2.24) is 10.7 Å². The number of hydrazine groups is 1. The average molecular weight is 343 g/mol. The molecule has 0 aromatic heterocycles. The Morgan fingerprint density at radius 2 is 2.00 bits per heavy atom. The fourth-order valence-corrected chi connectivity index (χ4v) is 1.94. The Morgan fingerprint density at radius 3 is 2.57 bits per heavy atom. The lowest BCUT2D eigenvalue weighted by molar-refractivity contribution is -0.525. The van der Waals surface area contributed by atoms with Crippen LogP contribution < -0.4 is 22.2 Å². The number of primary amides is 1. The summed E-state index contributed by atoms with van der Waals surface area (Å²) in [5, 5.41) is 13.0. The van der Waals surface area contributed by atoms with Crippen molar-refractivity contribution in [2.75, 3.05) is 6.54 Å². The highest BCUT2D eigenvalue weighted by Gasteiger charge is 2.14. The van der Waals surface area contributed by atoms with E-state index in [1.807, 2.05) is 12.1 Å². The van der Waals surface area contributed by atoms with E-state index in [9.17, 15) is 14.9 Å². The number of nitrogens with two attached hydrogens (primary N) is 2. The van der Waals surface area contributed by atoms with E-state index in [1.54, 1.807) is 17.6 Å². The third-order valence-corrected chi connectivity index (χ3v) is 3.20. The van der Waals surface area contributed by atoms with Gasteiger partial charge in [0, 0.05) is 18.1 Å². The molecule has 1 atom stereocenters. The molecule has 0 saturated heterocycles. The van der Waals surface area contributed by atoms with Gasteiger partial charge in [-0.2, -0.15) is 0 Å². The second kappa shape index (κ2) is 9.59. The number of halogens is 1. The van der Waals surface area contributed by atoms with Crippen LogP contribution in [0.2, 0.25) is 5.02 Å². The Hall–Kier alpha value is -2.39. The van der Waals surface area contributed by atoms with Gasteiger partial charge in [0.15, 0.2) is 5.03 Å². The first-order valence-electron chi connectivity index (χ1n) is 6.86. The van der Waals surface area contributed by atoms with E-state index in [4.69, 9.17) is 23.1 Å². The first kappa shape index (κ1) is 18.7. The van der Waals surface area contributed by atoms with Crippen LogP contribution in [0, 0.1) is 10.1 Å². The molecular formula is C13H19ClN6O3. The zero-order valence-corrected chi connectivity index (χ0v) is 13.1. The molecule has 1 aromatic rings. The molecular weight excluding hydrogens is 324 g/mol. The highest BCUT2D eigenvalue weighted by molar-refractivity contribution is 6.30. The van der Waals surface area contributed by atoms with Crippen molar-refractivity contribution >= 4 is 23.5 Å². The molecule has 9 nitrogen and oxygen atoms in total. The average Bonchev–Trinajstić information content (AvgIpc) is 2.47. The molecule has 1 aromatic carbocycles. The monoisotopic (exact) mass is 342 g/mol. The van der Waals surface area contributed by atoms with E-state index in [-0.39, 0.29) is 12.5 Å². The second-order valence-electron chi connectivity index (χ2n) is 4.74. The summed E-state index contributed by atoms with van der Waals surface area (Å²) in [5.74, 6) is -0.751. The maximum atomic E-state index is 11.4. The smallest absolute Gasteiger partial charge is 0.251 e. The number of nitrogens with one attached hydrogen (secondary N) is 2. The number of aliphatic imine (C=N–C) groups is 1. The number of carbonyl (C=O) groups is 1. The first-order chi connectivity index (χ1) is 10.9. The summed E-state index contributed by atoms with van der Waals surface area (Å²) in [4.78, 5) is 25.3. The zero-order valence-electron chi connectivity index (χ0n) is 12.4. The molecule has 1 amide bonds. The van der Waals surface area contributed by atoms with Gasteiger partial charge in [0.2, 0.25) is 5.91 Å². The highest BCUT2D eigenvalue weighted by atomic mass is 35.5. The van der Waals surface area contributed by atoms with E-state index in [0.717, 1.165) is 5.56 Å². The molecule has 1 rings (SSSR count). The summed E-state index contributed by atoms with van der Waals surface area (Å²) in [5.41, 5.74) is 13.3. The summed E-state index contributed by atoms with van der Waals surface area (Å²) in [6, 6.07) is 6.70. The number of hydrogen-bond acceptors (Lipinski definition) is 5. The second-order valence-corrected chi connectivity index (χ2v) is 5.18. The molecule has 6 N–H and O–H groups in total. The normalized spacial score (nSPS) is 12.7. The Kier molecular flexibility index (Phi) is 7.78. The standard InChI is InChI=1S/C13H19ClN6O3/c14-10-5-3-9(4-6-10)8-18-11(12(15)21)2-1-7-17-13(16)19-20(22)23/h3-6,11,18H,1-2,7-8H2,(H2,15,21)(H3,16,17,19)/t11-/m1/s1. The number of guanidine groups is 1. The van der Waals surface area contributed by atoms with Crippen LogP contribution in [-0.4, -0.2) is 29.5 Å². The Morgan fingerprint density at radius 1 is 1.35 bits per heavy atom. The van der Waals surface area contributed by atoms with Gasteiger partial charge in [-0.3, -0.25) is 4.79 Å². The van der Waals surface area contributed by atoms with Crippen LogP contribution in [0.5, 0.6) is 0 Å². The predicted octanol–water partition coefficient (Wildman–Crippen LogP) is 0.160. The quantitative estimate of drug-likeness (QED) is 0.165. The molecule has 0 heterocycles. The minimum absolute atomic E-state index is 0.249. The van der Waals surface area contributed by atoms with Gasteiger partial charge < -0.3 is 16.8 Å². The van der Waals surface area contributed by atoms with E-state index in [1.165, 1.54) is 0 Å². The molecule has 126 valence electrons. The summed E-state index contributed by atoms with van der Waals surface area (Å²) >= 11 is 5.80. The van der Waals surface area contributed by atoms with Crippen LogP contribution in [0.4, 0.5) is 0 Å². The number of nitro groups is 1. The van der Waals surface area contributed by atoms with Gasteiger partial charge in [-0.05, 0) is 30.5 Å². The topological polar surface area (TPSA) is 149 Å². The molecule has 23 heavy (non-hydrogen) atoms. The largest absolute Gasteiger partial charge is 0.368 e. The zero-order chi connectivity index (χ0) is 17.2. The molecule has 0 aliphatic rings. The number of rotatable bonds is 9. The summed E-state index contributed by atoms with van der Waals surface area (Å²) in [6.45, 7) is 0.720. The van der Waals surface area contributed by atoms with Gasteiger partial charge in [0.1, 0.15) is 0 Å². The molecule has 0 spiro atoms.